The number of benzene rings is 1. The standard InChI is InChI=1S/C14H18N2O5S/c17-13(18)5-2-8-15-22(20,21)12-4-1-3-10(9-12)14(19)16-11-6-7-11/h1,3-4,9,11,15H,2,5-8H2,(H,16,19)(H,17,18). The Labute approximate surface area is 128 Å². The number of hydrogen-bond donors (Lipinski definition) is 3. The molecule has 3 N–H and O–H groups in total. The highest BCUT2D eigenvalue weighted by Gasteiger charge is 2.24. The molecule has 22 heavy (non-hydrogen) atoms. The number of sulfonamides is 1. The summed E-state index contributed by atoms with van der Waals surface area (Å²) in [6.45, 7) is 0.0349. The molecule has 1 aromatic rings. The number of aliphatic carboxylic acids is 1. The van der Waals surface area contributed by atoms with E-state index in [1.807, 2.05) is 0 Å². The van der Waals surface area contributed by atoms with Crippen LogP contribution >= 0.6 is 0 Å². The first kappa shape index (κ1) is 16.4. The molecule has 0 aliphatic heterocycles. The number of carboxylic acid groups (broad SMARTS) is 1. The third kappa shape index (κ3) is 4.81. The van der Waals surface area contributed by atoms with Gasteiger partial charge in [-0.05, 0) is 37.5 Å². The van der Waals surface area contributed by atoms with Crippen LogP contribution in [0.15, 0.2) is 29.2 Å². The lowest BCUT2D eigenvalue weighted by Crippen LogP contribution is -2.27. The quantitative estimate of drug-likeness (QED) is 0.609. The first-order valence-corrected chi connectivity index (χ1v) is 8.49. The number of carbonyl (C=O) groups is 2. The summed E-state index contributed by atoms with van der Waals surface area (Å²) in [7, 11) is -3.75. The van der Waals surface area contributed by atoms with Gasteiger partial charge in [0.25, 0.3) is 5.91 Å². The van der Waals surface area contributed by atoms with E-state index in [2.05, 4.69) is 10.0 Å². The van der Waals surface area contributed by atoms with Gasteiger partial charge in [-0.2, -0.15) is 0 Å². The molecule has 0 heterocycles. The molecule has 7 nitrogen and oxygen atoms in total. The average Bonchev–Trinajstić information content (AvgIpc) is 3.27. The van der Waals surface area contributed by atoms with Gasteiger partial charge < -0.3 is 10.4 Å². The maximum absolute atomic E-state index is 12.1. The van der Waals surface area contributed by atoms with Crippen LogP contribution in [-0.4, -0.2) is 38.0 Å². The molecule has 1 amide bonds. The van der Waals surface area contributed by atoms with Crippen molar-refractivity contribution in [2.45, 2.75) is 36.6 Å². The van der Waals surface area contributed by atoms with Crippen LogP contribution in [0, 0.1) is 0 Å². The third-order valence-electron chi connectivity index (χ3n) is 3.18. The second-order valence-electron chi connectivity index (χ2n) is 5.17. The van der Waals surface area contributed by atoms with Crippen LogP contribution < -0.4 is 10.0 Å². The van der Waals surface area contributed by atoms with E-state index in [1.54, 1.807) is 6.07 Å². The van der Waals surface area contributed by atoms with E-state index in [9.17, 15) is 18.0 Å². The van der Waals surface area contributed by atoms with Gasteiger partial charge in [-0.1, -0.05) is 6.07 Å². The zero-order chi connectivity index (χ0) is 16.2. The SMILES string of the molecule is O=C(O)CCCNS(=O)(=O)c1cccc(C(=O)NC2CC2)c1. The van der Waals surface area contributed by atoms with E-state index in [0.29, 0.717) is 5.56 Å². The number of nitrogens with one attached hydrogen (secondary N) is 2. The summed E-state index contributed by atoms with van der Waals surface area (Å²) < 4.78 is 26.5. The molecule has 0 aromatic heterocycles. The first-order valence-electron chi connectivity index (χ1n) is 7.01. The molecule has 1 aliphatic carbocycles. The number of rotatable bonds is 8. The van der Waals surface area contributed by atoms with Crippen molar-refractivity contribution in [3.8, 4) is 0 Å². The van der Waals surface area contributed by atoms with Crippen molar-refractivity contribution in [1.82, 2.24) is 10.0 Å². The molecule has 0 atom stereocenters. The highest BCUT2D eigenvalue weighted by Crippen LogP contribution is 2.20. The predicted octanol–water partition coefficient (Wildman–Crippen LogP) is 0.722. The Hall–Kier alpha value is -1.93. The van der Waals surface area contributed by atoms with Crippen LogP contribution in [0.5, 0.6) is 0 Å². The fourth-order valence-electron chi connectivity index (χ4n) is 1.83. The molecule has 8 heteroatoms. The van der Waals surface area contributed by atoms with Crippen molar-refractivity contribution < 1.29 is 23.1 Å². The van der Waals surface area contributed by atoms with Gasteiger partial charge in [0.2, 0.25) is 10.0 Å². The van der Waals surface area contributed by atoms with Gasteiger partial charge >= 0.3 is 5.97 Å². The number of carboxylic acids is 1. The molecule has 0 radical (unpaired) electrons. The summed E-state index contributed by atoms with van der Waals surface area (Å²) in [5.41, 5.74) is 0.292. The van der Waals surface area contributed by atoms with Crippen LogP contribution in [0.1, 0.15) is 36.0 Å². The average molecular weight is 326 g/mol. The molecule has 1 aliphatic rings. The molecule has 0 bridgehead atoms. The van der Waals surface area contributed by atoms with Gasteiger partial charge in [-0.25, -0.2) is 13.1 Å². The summed E-state index contributed by atoms with van der Waals surface area (Å²) in [6.07, 6.45) is 2.01. The van der Waals surface area contributed by atoms with E-state index in [4.69, 9.17) is 5.11 Å². The summed E-state index contributed by atoms with van der Waals surface area (Å²) in [4.78, 5) is 22.3. The number of carbonyl (C=O) groups excluding carboxylic acids is 1. The van der Waals surface area contributed by atoms with E-state index in [-0.39, 0.29) is 36.2 Å². The minimum atomic E-state index is -3.75. The molecule has 0 saturated heterocycles. The van der Waals surface area contributed by atoms with Crippen LogP contribution in [0.2, 0.25) is 0 Å². The van der Waals surface area contributed by atoms with Gasteiger partial charge in [0.15, 0.2) is 0 Å². The molecular formula is C14H18N2O5S. The summed E-state index contributed by atoms with van der Waals surface area (Å²) >= 11 is 0. The zero-order valence-electron chi connectivity index (χ0n) is 11.9. The van der Waals surface area contributed by atoms with Crippen LogP contribution in [0.3, 0.4) is 0 Å². The van der Waals surface area contributed by atoms with Crippen LogP contribution in [0.25, 0.3) is 0 Å². The molecule has 1 saturated carbocycles. The lowest BCUT2D eigenvalue weighted by atomic mass is 10.2. The van der Waals surface area contributed by atoms with E-state index in [0.717, 1.165) is 12.8 Å². The maximum atomic E-state index is 12.1. The Bertz CT molecular complexity index is 668. The van der Waals surface area contributed by atoms with Crippen molar-refractivity contribution in [3.05, 3.63) is 29.8 Å². The summed E-state index contributed by atoms with van der Waals surface area (Å²) in [5, 5.41) is 11.3. The van der Waals surface area contributed by atoms with Crippen molar-refractivity contribution in [2.75, 3.05) is 6.54 Å². The molecule has 0 unspecified atom stereocenters. The fourth-order valence-corrected chi connectivity index (χ4v) is 2.95. The van der Waals surface area contributed by atoms with Gasteiger partial charge in [0.1, 0.15) is 0 Å². The highest BCUT2D eigenvalue weighted by molar-refractivity contribution is 7.89. The van der Waals surface area contributed by atoms with Gasteiger partial charge in [0, 0.05) is 24.6 Å². The molecule has 120 valence electrons. The predicted molar refractivity (Wildman–Crippen MR) is 79.0 cm³/mol. The summed E-state index contributed by atoms with van der Waals surface area (Å²) in [5.74, 6) is -1.26. The Balaban J connectivity index is 2.00. The van der Waals surface area contributed by atoms with Crippen molar-refractivity contribution in [1.29, 1.82) is 0 Å². The monoisotopic (exact) mass is 326 g/mol. The molecule has 1 fully saturated rings. The van der Waals surface area contributed by atoms with Crippen molar-refractivity contribution in [3.63, 3.8) is 0 Å². The minimum absolute atomic E-state index is 0.00808. The zero-order valence-corrected chi connectivity index (χ0v) is 12.7. The number of amides is 1. The molecule has 1 aromatic carbocycles. The van der Waals surface area contributed by atoms with Crippen LogP contribution in [0.4, 0.5) is 0 Å². The van der Waals surface area contributed by atoms with Crippen molar-refractivity contribution >= 4 is 21.9 Å². The Kier molecular flexibility index (Phi) is 5.15. The van der Waals surface area contributed by atoms with Gasteiger partial charge in [-0.15, -0.1) is 0 Å². The van der Waals surface area contributed by atoms with Crippen LogP contribution in [-0.2, 0) is 14.8 Å². The number of hydrogen-bond acceptors (Lipinski definition) is 4. The van der Waals surface area contributed by atoms with E-state index >= 15 is 0 Å². The second kappa shape index (κ2) is 6.89. The second-order valence-corrected chi connectivity index (χ2v) is 6.94. The first-order chi connectivity index (χ1) is 10.4. The Morgan fingerprint density at radius 1 is 1.27 bits per heavy atom. The summed E-state index contributed by atoms with van der Waals surface area (Å²) in [6, 6.07) is 5.97. The Morgan fingerprint density at radius 2 is 2.00 bits per heavy atom. The molecular weight excluding hydrogens is 308 g/mol. The fraction of sp³-hybridized carbons (Fsp3) is 0.429. The topological polar surface area (TPSA) is 113 Å². The third-order valence-corrected chi connectivity index (χ3v) is 4.64. The lowest BCUT2D eigenvalue weighted by molar-refractivity contribution is -0.137. The lowest BCUT2D eigenvalue weighted by Gasteiger charge is -2.08. The Morgan fingerprint density at radius 3 is 2.64 bits per heavy atom. The van der Waals surface area contributed by atoms with E-state index in [1.165, 1.54) is 18.2 Å². The van der Waals surface area contributed by atoms with Crippen molar-refractivity contribution in [2.24, 2.45) is 0 Å². The smallest absolute Gasteiger partial charge is 0.303 e. The van der Waals surface area contributed by atoms with Gasteiger partial charge in [-0.3, -0.25) is 9.59 Å². The largest absolute Gasteiger partial charge is 0.481 e. The van der Waals surface area contributed by atoms with Gasteiger partial charge in [0.05, 0.1) is 4.90 Å². The highest BCUT2D eigenvalue weighted by atomic mass is 32.2. The minimum Gasteiger partial charge on any atom is -0.481 e. The maximum Gasteiger partial charge on any atom is 0.303 e. The molecule has 0 spiro atoms. The molecule has 2 rings (SSSR count). The van der Waals surface area contributed by atoms with E-state index < -0.39 is 16.0 Å². The normalized spacial score (nSPS) is 14.5.